The summed E-state index contributed by atoms with van der Waals surface area (Å²) in [7, 11) is 3.13. The maximum absolute atomic E-state index is 11.7. The Morgan fingerprint density at radius 1 is 1.20 bits per heavy atom. The van der Waals surface area contributed by atoms with Crippen LogP contribution in [0.1, 0.15) is 10.4 Å². The van der Waals surface area contributed by atoms with Crippen molar-refractivity contribution in [2.75, 3.05) is 27.3 Å². The standard InChI is InChI=1S/C13H16N2O5/c1-15(2)12(17)8-20-13(18)9-4-3-5-10(6-9)19-7-11(14)16/h3-6H,7-8H2,1-2H3,(H2,14,16). The molecule has 2 amide bonds. The molecular formula is C13H16N2O5. The smallest absolute Gasteiger partial charge is 0.338 e. The highest BCUT2D eigenvalue weighted by Gasteiger charge is 2.12. The zero-order chi connectivity index (χ0) is 15.1. The van der Waals surface area contributed by atoms with E-state index in [1.165, 1.54) is 17.0 Å². The number of ether oxygens (including phenoxy) is 2. The molecule has 0 aromatic heterocycles. The van der Waals surface area contributed by atoms with Gasteiger partial charge in [0.2, 0.25) is 0 Å². The Labute approximate surface area is 116 Å². The zero-order valence-electron chi connectivity index (χ0n) is 11.3. The van der Waals surface area contributed by atoms with Gasteiger partial charge in [0.15, 0.2) is 13.2 Å². The Hall–Kier alpha value is -2.57. The van der Waals surface area contributed by atoms with Crippen molar-refractivity contribution in [2.45, 2.75) is 0 Å². The van der Waals surface area contributed by atoms with Crippen LogP contribution in [0.25, 0.3) is 0 Å². The fourth-order valence-corrected chi connectivity index (χ4v) is 1.21. The third-order valence-electron chi connectivity index (χ3n) is 2.28. The van der Waals surface area contributed by atoms with Crippen molar-refractivity contribution in [1.29, 1.82) is 0 Å². The number of carbonyl (C=O) groups excluding carboxylic acids is 3. The molecule has 1 aromatic carbocycles. The predicted octanol–water partition coefficient (Wildman–Crippen LogP) is -0.204. The van der Waals surface area contributed by atoms with Crippen molar-refractivity contribution in [2.24, 2.45) is 5.73 Å². The van der Waals surface area contributed by atoms with Crippen molar-refractivity contribution >= 4 is 17.8 Å². The van der Waals surface area contributed by atoms with Crippen LogP contribution >= 0.6 is 0 Å². The number of rotatable bonds is 6. The average molecular weight is 280 g/mol. The number of primary amides is 1. The molecule has 0 saturated carbocycles. The lowest BCUT2D eigenvalue weighted by Crippen LogP contribution is -2.27. The molecule has 0 aliphatic heterocycles. The van der Waals surface area contributed by atoms with Crippen molar-refractivity contribution in [3.8, 4) is 5.75 Å². The van der Waals surface area contributed by atoms with E-state index in [2.05, 4.69) is 0 Å². The number of amides is 2. The summed E-state index contributed by atoms with van der Waals surface area (Å²) >= 11 is 0. The van der Waals surface area contributed by atoms with Gasteiger partial charge in [-0.3, -0.25) is 9.59 Å². The molecule has 1 rings (SSSR count). The molecule has 0 unspecified atom stereocenters. The third-order valence-corrected chi connectivity index (χ3v) is 2.28. The number of nitrogens with zero attached hydrogens (tertiary/aromatic N) is 1. The summed E-state index contributed by atoms with van der Waals surface area (Å²) in [6.07, 6.45) is 0. The Bertz CT molecular complexity index is 513. The van der Waals surface area contributed by atoms with Gasteiger partial charge in [-0.15, -0.1) is 0 Å². The van der Waals surface area contributed by atoms with Crippen LogP contribution in [-0.4, -0.2) is 50.0 Å². The average Bonchev–Trinajstić information content (AvgIpc) is 2.42. The molecule has 2 N–H and O–H groups in total. The molecule has 108 valence electrons. The van der Waals surface area contributed by atoms with E-state index in [-0.39, 0.29) is 24.7 Å². The van der Waals surface area contributed by atoms with Gasteiger partial charge >= 0.3 is 5.97 Å². The second-order valence-electron chi connectivity index (χ2n) is 4.15. The topological polar surface area (TPSA) is 98.9 Å². The summed E-state index contributed by atoms with van der Waals surface area (Å²) in [5.74, 6) is -1.27. The van der Waals surface area contributed by atoms with Gasteiger partial charge in [0, 0.05) is 14.1 Å². The number of benzene rings is 1. The minimum Gasteiger partial charge on any atom is -0.484 e. The summed E-state index contributed by atoms with van der Waals surface area (Å²) < 4.78 is 9.92. The Balaban J connectivity index is 2.62. The normalized spacial score (nSPS) is 9.70. The van der Waals surface area contributed by atoms with Crippen LogP contribution in [0, 0.1) is 0 Å². The first-order chi connectivity index (χ1) is 9.40. The van der Waals surface area contributed by atoms with Crippen molar-refractivity contribution in [3.05, 3.63) is 29.8 Å². The van der Waals surface area contributed by atoms with E-state index in [4.69, 9.17) is 15.2 Å². The number of hydrogen-bond donors (Lipinski definition) is 1. The first kappa shape index (κ1) is 15.5. The number of carbonyl (C=O) groups is 3. The molecule has 7 nitrogen and oxygen atoms in total. The quantitative estimate of drug-likeness (QED) is 0.727. The molecule has 0 spiro atoms. The van der Waals surface area contributed by atoms with Gasteiger partial charge < -0.3 is 20.1 Å². The maximum atomic E-state index is 11.7. The predicted molar refractivity (Wildman–Crippen MR) is 70.1 cm³/mol. The summed E-state index contributed by atoms with van der Waals surface area (Å²) in [6, 6.07) is 6.07. The summed E-state index contributed by atoms with van der Waals surface area (Å²) in [6.45, 7) is -0.615. The largest absolute Gasteiger partial charge is 0.484 e. The molecule has 1 aromatic rings. The van der Waals surface area contributed by atoms with E-state index < -0.39 is 11.9 Å². The molecule has 20 heavy (non-hydrogen) atoms. The molecule has 0 aliphatic rings. The van der Waals surface area contributed by atoms with E-state index >= 15 is 0 Å². The maximum Gasteiger partial charge on any atom is 0.338 e. The highest BCUT2D eigenvalue weighted by molar-refractivity contribution is 5.91. The van der Waals surface area contributed by atoms with E-state index in [1.54, 1.807) is 26.2 Å². The van der Waals surface area contributed by atoms with Crippen LogP contribution in [0.15, 0.2) is 24.3 Å². The molecular weight excluding hydrogens is 264 g/mol. The summed E-state index contributed by atoms with van der Waals surface area (Å²) in [5, 5.41) is 0. The SMILES string of the molecule is CN(C)C(=O)COC(=O)c1cccc(OCC(N)=O)c1. The van der Waals surface area contributed by atoms with Crippen molar-refractivity contribution in [1.82, 2.24) is 4.90 Å². The van der Waals surface area contributed by atoms with Gasteiger partial charge in [-0.05, 0) is 18.2 Å². The molecule has 0 saturated heterocycles. The van der Waals surface area contributed by atoms with Crippen LogP contribution in [-0.2, 0) is 14.3 Å². The number of esters is 1. The van der Waals surface area contributed by atoms with E-state index in [9.17, 15) is 14.4 Å². The molecule has 0 radical (unpaired) electrons. The third kappa shape index (κ3) is 4.97. The van der Waals surface area contributed by atoms with Gasteiger partial charge in [0.25, 0.3) is 11.8 Å². The monoisotopic (exact) mass is 280 g/mol. The molecule has 0 fully saturated rings. The fourth-order valence-electron chi connectivity index (χ4n) is 1.21. The van der Waals surface area contributed by atoms with Crippen LogP contribution in [0.4, 0.5) is 0 Å². The highest BCUT2D eigenvalue weighted by Crippen LogP contribution is 2.14. The fraction of sp³-hybridized carbons (Fsp3) is 0.308. The summed E-state index contributed by atoms with van der Waals surface area (Å²) in [5.41, 5.74) is 5.17. The molecule has 0 aliphatic carbocycles. The first-order valence-electron chi connectivity index (χ1n) is 5.78. The summed E-state index contributed by atoms with van der Waals surface area (Å²) in [4.78, 5) is 34.9. The molecule has 0 bridgehead atoms. The van der Waals surface area contributed by atoms with Gasteiger partial charge in [0.1, 0.15) is 5.75 Å². The minimum absolute atomic E-state index is 0.221. The minimum atomic E-state index is -0.648. The van der Waals surface area contributed by atoms with Gasteiger partial charge in [-0.25, -0.2) is 4.79 Å². The molecule has 0 atom stereocenters. The van der Waals surface area contributed by atoms with Crippen molar-refractivity contribution in [3.63, 3.8) is 0 Å². The van der Waals surface area contributed by atoms with Gasteiger partial charge in [-0.1, -0.05) is 6.07 Å². The van der Waals surface area contributed by atoms with Crippen LogP contribution in [0.3, 0.4) is 0 Å². The van der Waals surface area contributed by atoms with Crippen LogP contribution < -0.4 is 10.5 Å². The lowest BCUT2D eigenvalue weighted by atomic mass is 10.2. The lowest BCUT2D eigenvalue weighted by Gasteiger charge is -2.10. The Morgan fingerprint density at radius 3 is 2.50 bits per heavy atom. The number of nitrogens with two attached hydrogens (primary N) is 1. The van der Waals surface area contributed by atoms with Gasteiger partial charge in [0.05, 0.1) is 5.56 Å². The molecule has 7 heteroatoms. The number of likely N-dealkylation sites (N-methyl/N-ethyl adjacent to an activating group) is 1. The second kappa shape index (κ2) is 7.13. The van der Waals surface area contributed by atoms with E-state index in [0.29, 0.717) is 5.75 Å². The van der Waals surface area contributed by atoms with Crippen LogP contribution in [0.2, 0.25) is 0 Å². The highest BCUT2D eigenvalue weighted by atomic mass is 16.5. The molecule has 0 heterocycles. The first-order valence-corrected chi connectivity index (χ1v) is 5.78. The van der Waals surface area contributed by atoms with Crippen molar-refractivity contribution < 1.29 is 23.9 Å². The van der Waals surface area contributed by atoms with E-state index in [0.717, 1.165) is 0 Å². The number of hydrogen-bond acceptors (Lipinski definition) is 5. The second-order valence-corrected chi connectivity index (χ2v) is 4.15. The van der Waals surface area contributed by atoms with Gasteiger partial charge in [-0.2, -0.15) is 0 Å². The Morgan fingerprint density at radius 2 is 1.90 bits per heavy atom. The van der Waals surface area contributed by atoms with E-state index in [1.807, 2.05) is 0 Å². The Kier molecular flexibility index (Phi) is 5.52. The zero-order valence-corrected chi connectivity index (χ0v) is 11.3. The lowest BCUT2D eigenvalue weighted by molar-refractivity contribution is -0.132. The van der Waals surface area contributed by atoms with Crippen LogP contribution in [0.5, 0.6) is 5.75 Å².